The molecule has 2 N–H and O–H groups in total. The van der Waals surface area contributed by atoms with Crippen molar-refractivity contribution < 1.29 is 17.9 Å². The third-order valence-electron chi connectivity index (χ3n) is 2.08. The third-order valence-corrected chi connectivity index (χ3v) is 2.08. The molecule has 2 aromatic carbocycles. The van der Waals surface area contributed by atoms with Gasteiger partial charge in [-0.1, -0.05) is 6.07 Å². The van der Waals surface area contributed by atoms with Crippen molar-refractivity contribution in [1.29, 1.82) is 0 Å². The first-order valence-electron chi connectivity index (χ1n) is 4.74. The van der Waals surface area contributed by atoms with E-state index in [9.17, 15) is 13.2 Å². The van der Waals surface area contributed by atoms with Gasteiger partial charge in [0.05, 0.1) is 0 Å². The third kappa shape index (κ3) is 2.50. The second kappa shape index (κ2) is 4.37. The molecule has 0 saturated heterocycles. The first-order chi connectivity index (χ1) is 8.06. The summed E-state index contributed by atoms with van der Waals surface area (Å²) in [7, 11) is 0. The maximum Gasteiger partial charge on any atom is 0.156 e. The summed E-state index contributed by atoms with van der Waals surface area (Å²) in [5.74, 6) is -2.33. The van der Waals surface area contributed by atoms with E-state index < -0.39 is 17.5 Å². The maximum absolute atomic E-state index is 13.1. The Balaban J connectivity index is 2.36. The zero-order valence-corrected chi connectivity index (χ0v) is 8.58. The van der Waals surface area contributed by atoms with Crippen molar-refractivity contribution in [1.82, 2.24) is 0 Å². The number of benzene rings is 2. The molecule has 0 aliphatic rings. The predicted octanol–water partition coefficient (Wildman–Crippen LogP) is 3.48. The Morgan fingerprint density at radius 2 is 1.71 bits per heavy atom. The minimum absolute atomic E-state index is 0.113. The van der Waals surface area contributed by atoms with E-state index in [2.05, 4.69) is 0 Å². The lowest BCUT2D eigenvalue weighted by Gasteiger charge is -2.09. The van der Waals surface area contributed by atoms with Gasteiger partial charge in [0.25, 0.3) is 0 Å². The molecule has 2 rings (SSSR count). The van der Waals surface area contributed by atoms with Crippen LogP contribution < -0.4 is 10.5 Å². The number of halogens is 3. The Hall–Kier alpha value is -2.17. The summed E-state index contributed by atoms with van der Waals surface area (Å²) in [4.78, 5) is 0. The zero-order valence-electron chi connectivity index (χ0n) is 8.58. The van der Waals surface area contributed by atoms with Crippen LogP contribution in [0.25, 0.3) is 0 Å². The summed E-state index contributed by atoms with van der Waals surface area (Å²) in [6.07, 6.45) is 0. The van der Waals surface area contributed by atoms with Gasteiger partial charge in [0.15, 0.2) is 11.6 Å². The van der Waals surface area contributed by atoms with E-state index in [1.807, 2.05) is 0 Å². The molecular formula is C12H8F3NO. The molecule has 0 bridgehead atoms. The van der Waals surface area contributed by atoms with Crippen LogP contribution >= 0.6 is 0 Å². The maximum atomic E-state index is 13.1. The van der Waals surface area contributed by atoms with Gasteiger partial charge in [0, 0.05) is 18.2 Å². The van der Waals surface area contributed by atoms with E-state index in [4.69, 9.17) is 10.5 Å². The molecule has 0 spiro atoms. The first-order valence-corrected chi connectivity index (χ1v) is 4.74. The van der Waals surface area contributed by atoms with Crippen LogP contribution in [0.3, 0.4) is 0 Å². The van der Waals surface area contributed by atoms with Gasteiger partial charge in [-0.15, -0.1) is 0 Å². The Labute approximate surface area is 95.4 Å². The lowest BCUT2D eigenvalue weighted by molar-refractivity contribution is 0.467. The molecule has 0 unspecified atom stereocenters. The molecule has 88 valence electrons. The highest BCUT2D eigenvalue weighted by Gasteiger charge is 2.10. The molecule has 0 aliphatic carbocycles. The van der Waals surface area contributed by atoms with Crippen LogP contribution in [0.4, 0.5) is 18.9 Å². The van der Waals surface area contributed by atoms with Gasteiger partial charge in [-0.25, -0.2) is 13.2 Å². The van der Waals surface area contributed by atoms with Crippen molar-refractivity contribution in [3.05, 3.63) is 53.8 Å². The number of nitrogens with two attached hydrogens (primary N) is 1. The van der Waals surface area contributed by atoms with Crippen molar-refractivity contribution in [3.8, 4) is 11.5 Å². The minimum Gasteiger partial charge on any atom is -0.455 e. The standard InChI is InChI=1S/C12H8F3NO/c13-7-2-1-3-9(4-7)17-11-6-8(14)5-10(15)12(11)16/h1-6H,16H2. The van der Waals surface area contributed by atoms with Crippen LogP contribution in [0.15, 0.2) is 36.4 Å². The summed E-state index contributed by atoms with van der Waals surface area (Å²) in [6, 6.07) is 6.75. The number of rotatable bonds is 2. The predicted molar refractivity (Wildman–Crippen MR) is 57.2 cm³/mol. The Morgan fingerprint density at radius 1 is 0.941 bits per heavy atom. The molecule has 0 radical (unpaired) electrons. The Morgan fingerprint density at radius 3 is 2.41 bits per heavy atom. The SMILES string of the molecule is Nc1c(F)cc(F)cc1Oc1cccc(F)c1. The average Bonchev–Trinajstić information content (AvgIpc) is 2.25. The van der Waals surface area contributed by atoms with Crippen molar-refractivity contribution in [2.45, 2.75) is 0 Å². The van der Waals surface area contributed by atoms with Gasteiger partial charge in [0.1, 0.15) is 23.1 Å². The molecule has 0 atom stereocenters. The van der Waals surface area contributed by atoms with Crippen LogP contribution in [0, 0.1) is 17.5 Å². The van der Waals surface area contributed by atoms with E-state index in [1.54, 1.807) is 0 Å². The monoisotopic (exact) mass is 239 g/mol. The number of hydrogen-bond donors (Lipinski definition) is 1. The molecule has 0 amide bonds. The molecule has 0 aliphatic heterocycles. The lowest BCUT2D eigenvalue weighted by Crippen LogP contribution is -1.97. The van der Waals surface area contributed by atoms with Crippen molar-refractivity contribution in [2.24, 2.45) is 0 Å². The highest BCUT2D eigenvalue weighted by atomic mass is 19.1. The van der Waals surface area contributed by atoms with Crippen LogP contribution in [0.1, 0.15) is 0 Å². The molecule has 0 aromatic heterocycles. The molecule has 5 heteroatoms. The molecular weight excluding hydrogens is 231 g/mol. The van der Waals surface area contributed by atoms with Gasteiger partial charge in [-0.3, -0.25) is 0 Å². The summed E-state index contributed by atoms with van der Waals surface area (Å²) in [5, 5.41) is 0. The second-order valence-corrected chi connectivity index (χ2v) is 3.36. The summed E-state index contributed by atoms with van der Waals surface area (Å²) in [5.41, 5.74) is 5.05. The van der Waals surface area contributed by atoms with E-state index in [1.165, 1.54) is 18.2 Å². The summed E-state index contributed by atoms with van der Waals surface area (Å²) in [6.45, 7) is 0. The lowest BCUT2D eigenvalue weighted by atomic mass is 10.2. The molecule has 0 heterocycles. The molecule has 2 nitrogen and oxygen atoms in total. The number of nitrogen functional groups attached to an aromatic ring is 1. The highest BCUT2D eigenvalue weighted by molar-refractivity contribution is 5.55. The van der Waals surface area contributed by atoms with Crippen LogP contribution in [0.5, 0.6) is 11.5 Å². The van der Waals surface area contributed by atoms with Gasteiger partial charge in [-0.05, 0) is 12.1 Å². The van der Waals surface area contributed by atoms with Crippen LogP contribution in [-0.2, 0) is 0 Å². The molecule has 0 fully saturated rings. The van der Waals surface area contributed by atoms with E-state index >= 15 is 0 Å². The molecule has 17 heavy (non-hydrogen) atoms. The Bertz CT molecular complexity index is 557. The van der Waals surface area contributed by atoms with E-state index in [-0.39, 0.29) is 17.2 Å². The van der Waals surface area contributed by atoms with Gasteiger partial charge in [-0.2, -0.15) is 0 Å². The largest absolute Gasteiger partial charge is 0.455 e. The van der Waals surface area contributed by atoms with Crippen LogP contribution in [-0.4, -0.2) is 0 Å². The van der Waals surface area contributed by atoms with Crippen LogP contribution in [0.2, 0.25) is 0 Å². The van der Waals surface area contributed by atoms with Gasteiger partial charge >= 0.3 is 0 Å². The second-order valence-electron chi connectivity index (χ2n) is 3.36. The summed E-state index contributed by atoms with van der Waals surface area (Å²) < 4.78 is 44.0. The smallest absolute Gasteiger partial charge is 0.156 e. The molecule has 2 aromatic rings. The summed E-state index contributed by atoms with van der Waals surface area (Å²) >= 11 is 0. The van der Waals surface area contributed by atoms with Gasteiger partial charge in [0.2, 0.25) is 0 Å². The van der Waals surface area contributed by atoms with Crippen molar-refractivity contribution in [2.75, 3.05) is 5.73 Å². The fourth-order valence-electron chi connectivity index (χ4n) is 1.30. The van der Waals surface area contributed by atoms with Crippen molar-refractivity contribution >= 4 is 5.69 Å². The fourth-order valence-corrected chi connectivity index (χ4v) is 1.30. The minimum atomic E-state index is -0.920. The zero-order chi connectivity index (χ0) is 12.4. The number of hydrogen-bond acceptors (Lipinski definition) is 2. The highest BCUT2D eigenvalue weighted by Crippen LogP contribution is 2.30. The van der Waals surface area contributed by atoms with E-state index in [0.29, 0.717) is 6.07 Å². The fraction of sp³-hybridized carbons (Fsp3) is 0. The number of ether oxygens (including phenoxy) is 1. The van der Waals surface area contributed by atoms with Gasteiger partial charge < -0.3 is 10.5 Å². The normalized spacial score (nSPS) is 10.3. The first kappa shape index (κ1) is 11.3. The molecule has 0 saturated carbocycles. The van der Waals surface area contributed by atoms with Crippen molar-refractivity contribution in [3.63, 3.8) is 0 Å². The average molecular weight is 239 g/mol. The quantitative estimate of drug-likeness (QED) is 0.814. The van der Waals surface area contributed by atoms with E-state index in [0.717, 1.165) is 12.1 Å². The Kier molecular flexibility index (Phi) is 2.91. The number of anilines is 1. The topological polar surface area (TPSA) is 35.2 Å².